The van der Waals surface area contributed by atoms with Crippen LogP contribution in [-0.2, 0) is 6.42 Å². The van der Waals surface area contributed by atoms with Crippen LogP contribution in [0.2, 0.25) is 0 Å². The number of aliphatic hydroxyl groups excluding tert-OH is 1. The van der Waals surface area contributed by atoms with Crippen molar-refractivity contribution in [3.63, 3.8) is 0 Å². The molecule has 0 radical (unpaired) electrons. The molecule has 0 saturated heterocycles. The van der Waals surface area contributed by atoms with E-state index in [0.717, 1.165) is 11.6 Å². The molecule has 0 aliphatic carbocycles. The van der Waals surface area contributed by atoms with Gasteiger partial charge >= 0.3 is 0 Å². The first-order valence-electron chi connectivity index (χ1n) is 6.90. The number of nitrogens with one attached hydrogen (secondary N) is 1. The second-order valence-corrected chi connectivity index (χ2v) is 4.90. The maximum atomic E-state index is 12.9. The van der Waals surface area contributed by atoms with Crippen LogP contribution in [0, 0.1) is 5.82 Å². The number of ketones is 1. The summed E-state index contributed by atoms with van der Waals surface area (Å²) in [6, 6.07) is 9.26. The Morgan fingerprint density at radius 1 is 1.25 bits per heavy atom. The van der Waals surface area contributed by atoms with Gasteiger partial charge in [0.15, 0.2) is 17.3 Å². The molecule has 1 aromatic carbocycles. The molecule has 0 amide bonds. The van der Waals surface area contributed by atoms with Gasteiger partial charge in [-0.05, 0) is 29.8 Å². The largest absolute Gasteiger partial charge is 0.504 e. The lowest BCUT2D eigenvalue weighted by atomic mass is 10.1. The maximum absolute atomic E-state index is 12.9. The molecule has 0 saturated carbocycles. The normalized spacial score (nSPS) is 11.1. The third-order valence-corrected chi connectivity index (χ3v) is 3.20. The number of aliphatic hydroxyl groups is 1. The van der Waals surface area contributed by atoms with Crippen molar-refractivity contribution in [2.45, 2.75) is 6.42 Å². The molecule has 0 fully saturated rings. The molecule has 3 rings (SSSR count). The molecule has 0 atom stereocenters. The fraction of sp³-hybridized carbons (Fsp3) is 0.0588. The summed E-state index contributed by atoms with van der Waals surface area (Å²) in [7, 11) is 0. The quantitative estimate of drug-likeness (QED) is 0.416. The van der Waals surface area contributed by atoms with Crippen molar-refractivity contribution in [1.82, 2.24) is 9.97 Å². The van der Waals surface area contributed by atoms with Crippen LogP contribution in [0.3, 0.4) is 0 Å². The highest BCUT2D eigenvalue weighted by molar-refractivity contribution is 6.05. The van der Waals surface area contributed by atoms with Gasteiger partial charge in [0.1, 0.15) is 11.6 Å². The van der Waals surface area contributed by atoms with Gasteiger partial charge in [0.2, 0.25) is 5.78 Å². The average molecular weight is 349 g/mol. The van der Waals surface area contributed by atoms with E-state index >= 15 is 0 Å². The van der Waals surface area contributed by atoms with Gasteiger partial charge in [-0.2, -0.15) is 0 Å². The monoisotopic (exact) mass is 348 g/mol. The van der Waals surface area contributed by atoms with Crippen molar-refractivity contribution < 1.29 is 18.7 Å². The van der Waals surface area contributed by atoms with Crippen molar-refractivity contribution in [3.8, 4) is 0 Å². The molecular weight excluding hydrogens is 335 g/mol. The van der Waals surface area contributed by atoms with E-state index in [1.165, 1.54) is 30.6 Å². The minimum absolute atomic E-state index is 0. The Balaban J connectivity index is 0.00000208. The zero-order valence-electron chi connectivity index (χ0n) is 12.4. The maximum Gasteiger partial charge on any atom is 0.224 e. The predicted molar refractivity (Wildman–Crippen MR) is 88.7 cm³/mol. The van der Waals surface area contributed by atoms with E-state index in [0.29, 0.717) is 12.2 Å². The molecule has 124 valence electrons. The smallest absolute Gasteiger partial charge is 0.224 e. The first-order valence-corrected chi connectivity index (χ1v) is 6.90. The molecule has 3 aromatic rings. The number of halogens is 2. The number of aromatic nitrogens is 2. The second-order valence-electron chi connectivity index (χ2n) is 4.90. The summed E-state index contributed by atoms with van der Waals surface area (Å²) in [4.78, 5) is 18.6. The first-order chi connectivity index (χ1) is 11.1. The van der Waals surface area contributed by atoms with E-state index in [9.17, 15) is 14.3 Å². The van der Waals surface area contributed by atoms with Crippen LogP contribution in [0.25, 0.3) is 5.76 Å². The van der Waals surface area contributed by atoms with Crippen LogP contribution in [0.5, 0.6) is 0 Å². The van der Waals surface area contributed by atoms with Gasteiger partial charge in [0, 0.05) is 24.9 Å². The third kappa shape index (κ3) is 4.11. The zero-order chi connectivity index (χ0) is 16.2. The van der Waals surface area contributed by atoms with Crippen LogP contribution in [0.15, 0.2) is 59.3 Å². The van der Waals surface area contributed by atoms with E-state index < -0.39 is 5.78 Å². The summed E-state index contributed by atoms with van der Waals surface area (Å²) in [5, 5.41) is 9.78. The zero-order valence-corrected chi connectivity index (χ0v) is 13.2. The Morgan fingerprint density at radius 2 is 2.00 bits per heavy atom. The minimum Gasteiger partial charge on any atom is -0.504 e. The average Bonchev–Trinajstić information content (AvgIpc) is 3.21. The number of carbonyl (C=O) groups is 1. The number of benzene rings is 1. The molecule has 0 aliphatic rings. The Kier molecular flexibility index (Phi) is 5.55. The minimum atomic E-state index is -0.468. The van der Waals surface area contributed by atoms with Gasteiger partial charge in [-0.3, -0.25) is 4.79 Å². The lowest BCUT2D eigenvalue weighted by molar-refractivity contribution is 0.101. The SMILES string of the molecule is Cl.O=C(/C=C(/O)c1ncc[nH]1)c1ccc(Cc2ccc(F)cc2)o1. The van der Waals surface area contributed by atoms with Crippen molar-refractivity contribution in [2.75, 3.05) is 0 Å². The summed E-state index contributed by atoms with van der Waals surface area (Å²) in [5.74, 6) is -0.147. The molecule has 2 N–H and O–H groups in total. The molecule has 2 heterocycles. The highest BCUT2D eigenvalue weighted by Gasteiger charge is 2.12. The molecule has 0 aliphatic heterocycles. The lowest BCUT2D eigenvalue weighted by Gasteiger charge is -1.98. The van der Waals surface area contributed by atoms with Gasteiger partial charge < -0.3 is 14.5 Å². The number of H-pyrrole nitrogens is 1. The number of carbonyl (C=O) groups excluding carboxylic acids is 1. The highest BCUT2D eigenvalue weighted by Crippen LogP contribution is 2.16. The number of imidazole rings is 1. The van der Waals surface area contributed by atoms with E-state index in [-0.39, 0.29) is 35.6 Å². The van der Waals surface area contributed by atoms with Crippen LogP contribution >= 0.6 is 12.4 Å². The molecule has 2 aromatic heterocycles. The van der Waals surface area contributed by atoms with Gasteiger partial charge in [0.25, 0.3) is 0 Å². The second kappa shape index (κ2) is 7.61. The number of rotatable bonds is 5. The number of hydrogen-bond donors (Lipinski definition) is 2. The summed E-state index contributed by atoms with van der Waals surface area (Å²) >= 11 is 0. The summed E-state index contributed by atoms with van der Waals surface area (Å²) in [6.07, 6.45) is 4.50. The van der Waals surface area contributed by atoms with Gasteiger partial charge in [0.05, 0.1) is 0 Å². The highest BCUT2D eigenvalue weighted by atomic mass is 35.5. The van der Waals surface area contributed by atoms with Gasteiger partial charge in [-0.25, -0.2) is 9.37 Å². The summed E-state index contributed by atoms with van der Waals surface area (Å²) < 4.78 is 18.3. The topological polar surface area (TPSA) is 79.1 Å². The van der Waals surface area contributed by atoms with E-state index in [4.69, 9.17) is 4.42 Å². The Morgan fingerprint density at radius 3 is 2.67 bits per heavy atom. The number of hydrogen-bond acceptors (Lipinski definition) is 4. The van der Waals surface area contributed by atoms with Crippen molar-refractivity contribution in [1.29, 1.82) is 0 Å². The fourth-order valence-corrected chi connectivity index (χ4v) is 2.08. The number of allylic oxidation sites excluding steroid dienone is 1. The van der Waals surface area contributed by atoms with Crippen LogP contribution in [-0.4, -0.2) is 20.9 Å². The van der Waals surface area contributed by atoms with Crippen LogP contribution in [0.1, 0.15) is 27.7 Å². The first kappa shape index (κ1) is 17.5. The van der Waals surface area contributed by atoms with E-state index in [1.807, 2.05) is 0 Å². The molecule has 0 bridgehead atoms. The molecule has 7 heteroatoms. The Bertz CT molecular complexity index is 839. The molecule has 5 nitrogen and oxygen atoms in total. The molecule has 0 spiro atoms. The summed E-state index contributed by atoms with van der Waals surface area (Å²) in [5.41, 5.74) is 0.869. The number of aromatic amines is 1. The van der Waals surface area contributed by atoms with E-state index in [2.05, 4.69) is 9.97 Å². The van der Waals surface area contributed by atoms with Crippen LogP contribution < -0.4 is 0 Å². The fourth-order valence-electron chi connectivity index (χ4n) is 2.08. The predicted octanol–water partition coefficient (Wildman–Crippen LogP) is 3.94. The lowest BCUT2D eigenvalue weighted by Crippen LogP contribution is -1.96. The van der Waals surface area contributed by atoms with Crippen molar-refractivity contribution >= 4 is 23.9 Å². The van der Waals surface area contributed by atoms with Crippen LogP contribution in [0.4, 0.5) is 4.39 Å². The van der Waals surface area contributed by atoms with Gasteiger partial charge in [-0.1, -0.05) is 12.1 Å². The molecule has 24 heavy (non-hydrogen) atoms. The Hall–Kier alpha value is -2.86. The Labute approximate surface area is 143 Å². The number of nitrogens with zero attached hydrogens (tertiary/aromatic N) is 1. The van der Waals surface area contributed by atoms with Crippen molar-refractivity contribution in [2.24, 2.45) is 0 Å². The summed E-state index contributed by atoms with van der Waals surface area (Å²) in [6.45, 7) is 0. The standard InChI is InChI=1S/C17H13FN2O3.ClH/c18-12-3-1-11(2-4-12)9-13-5-6-16(23-13)14(21)10-15(22)17-19-7-8-20-17;/h1-8,10,22H,9H2,(H,19,20);1H/b15-10+;. The third-order valence-electron chi connectivity index (χ3n) is 3.20. The molecule has 0 unspecified atom stereocenters. The number of furan rings is 1. The van der Waals surface area contributed by atoms with Crippen molar-refractivity contribution in [3.05, 3.63) is 83.6 Å². The van der Waals surface area contributed by atoms with Gasteiger partial charge in [-0.15, -0.1) is 12.4 Å². The molecular formula is C17H14ClFN2O3. The van der Waals surface area contributed by atoms with E-state index in [1.54, 1.807) is 18.2 Å².